The molecule has 0 radical (unpaired) electrons. The molecule has 1 aromatic rings. The largest absolute Gasteiger partial charge is 0.294 e. The molecule has 14 heavy (non-hydrogen) atoms. The van der Waals surface area contributed by atoms with Crippen molar-refractivity contribution in [2.24, 2.45) is 0 Å². The van der Waals surface area contributed by atoms with E-state index < -0.39 is 0 Å². The summed E-state index contributed by atoms with van der Waals surface area (Å²) in [6, 6.07) is 0. The molecule has 0 saturated carbocycles. The second kappa shape index (κ2) is 4.97. The zero-order valence-corrected chi connectivity index (χ0v) is 10.9. The molecule has 3 nitrogen and oxygen atoms in total. The summed E-state index contributed by atoms with van der Waals surface area (Å²) in [4.78, 5) is 15.8. The van der Waals surface area contributed by atoms with Crippen LogP contribution in [0.2, 0.25) is 0 Å². The van der Waals surface area contributed by atoms with Crippen LogP contribution in [0.15, 0.2) is 23.3 Å². The average Bonchev–Trinajstić information content (AvgIpc) is 2.19. The Balaban J connectivity index is 3.06. The first-order valence-electron chi connectivity index (χ1n) is 4.05. The van der Waals surface area contributed by atoms with Crippen LogP contribution in [0.5, 0.6) is 0 Å². The normalized spacial score (nSPS) is 10.2. The van der Waals surface area contributed by atoms with Crippen molar-refractivity contribution >= 4 is 35.2 Å². The van der Waals surface area contributed by atoms with Crippen LogP contribution in [0.4, 0.5) is 0 Å². The fourth-order valence-corrected chi connectivity index (χ4v) is 1.50. The van der Waals surface area contributed by atoms with E-state index in [4.69, 9.17) is 0 Å². The highest BCUT2D eigenvalue weighted by molar-refractivity contribution is 14.1. The van der Waals surface area contributed by atoms with Gasteiger partial charge >= 0.3 is 0 Å². The molecule has 1 heterocycles. The van der Waals surface area contributed by atoms with Gasteiger partial charge in [0, 0.05) is 12.3 Å². The Labute approximate surface area is 102 Å². The van der Waals surface area contributed by atoms with E-state index in [-0.39, 0.29) is 5.56 Å². The fourth-order valence-electron chi connectivity index (χ4n) is 0.950. The average molecular weight is 322 g/mol. The van der Waals surface area contributed by atoms with E-state index in [1.165, 1.54) is 0 Å². The molecule has 1 aromatic heterocycles. The van der Waals surface area contributed by atoms with Gasteiger partial charge in [-0.3, -0.25) is 9.36 Å². The van der Waals surface area contributed by atoms with Crippen LogP contribution in [0.1, 0.15) is 5.69 Å². The first-order chi connectivity index (χ1) is 6.56. The number of halogens is 1. The van der Waals surface area contributed by atoms with Gasteiger partial charge in [0.15, 0.2) is 0 Å². The molecule has 1 rings (SSSR count). The third-order valence-corrected chi connectivity index (χ3v) is 3.46. The van der Waals surface area contributed by atoms with Crippen LogP contribution in [0.25, 0.3) is 0 Å². The van der Waals surface area contributed by atoms with Crippen molar-refractivity contribution in [3.8, 4) is 0 Å². The maximum Gasteiger partial charge on any atom is 0.267 e. The number of aryl methyl sites for hydroxylation is 1. The van der Waals surface area contributed by atoms with Gasteiger partial charge in [-0.2, -0.15) is 12.6 Å². The van der Waals surface area contributed by atoms with E-state index in [1.54, 1.807) is 10.9 Å². The summed E-state index contributed by atoms with van der Waals surface area (Å²) < 4.78 is 2.21. The van der Waals surface area contributed by atoms with Crippen molar-refractivity contribution in [1.82, 2.24) is 9.55 Å². The van der Waals surface area contributed by atoms with Crippen molar-refractivity contribution in [1.29, 1.82) is 0 Å². The molecule has 0 aliphatic carbocycles. The Bertz CT molecular complexity index is 414. The quantitative estimate of drug-likeness (QED) is 0.522. The van der Waals surface area contributed by atoms with Gasteiger partial charge in [0.1, 0.15) is 0 Å². The van der Waals surface area contributed by atoms with Gasteiger partial charge in [0.25, 0.3) is 5.56 Å². The molecule has 0 aliphatic heterocycles. The topological polar surface area (TPSA) is 34.9 Å². The van der Waals surface area contributed by atoms with E-state index in [9.17, 15) is 4.79 Å². The Morgan fingerprint density at radius 1 is 1.79 bits per heavy atom. The van der Waals surface area contributed by atoms with Crippen LogP contribution in [0.3, 0.4) is 0 Å². The summed E-state index contributed by atoms with van der Waals surface area (Å²) in [5.74, 6) is 0.580. The summed E-state index contributed by atoms with van der Waals surface area (Å²) in [5.41, 5.74) is 1.65. The molecule has 0 N–H and O–H groups in total. The third-order valence-electron chi connectivity index (χ3n) is 1.77. The summed E-state index contributed by atoms with van der Waals surface area (Å²) >= 11 is 6.10. The number of aromatic nitrogens is 2. The van der Waals surface area contributed by atoms with Crippen LogP contribution < -0.4 is 5.56 Å². The highest BCUT2D eigenvalue weighted by Crippen LogP contribution is 2.03. The number of thiol groups is 1. The fraction of sp³-hybridized carbons (Fsp3) is 0.333. The van der Waals surface area contributed by atoms with Gasteiger partial charge in [-0.15, -0.1) is 0 Å². The molecule has 0 amide bonds. The van der Waals surface area contributed by atoms with Gasteiger partial charge in [0.2, 0.25) is 0 Å². The molecular weight excluding hydrogens is 311 g/mol. The Kier molecular flexibility index (Phi) is 4.18. The SMILES string of the molecule is C=C(CS)Cn1cnc(C)c(I)c1=O. The Morgan fingerprint density at radius 2 is 2.43 bits per heavy atom. The zero-order valence-electron chi connectivity index (χ0n) is 7.83. The lowest BCUT2D eigenvalue weighted by atomic mass is 10.3. The van der Waals surface area contributed by atoms with Gasteiger partial charge in [-0.25, -0.2) is 4.98 Å². The molecule has 0 unspecified atom stereocenters. The number of nitrogens with zero attached hydrogens (tertiary/aromatic N) is 2. The molecule has 5 heteroatoms. The highest BCUT2D eigenvalue weighted by Gasteiger charge is 2.05. The summed E-state index contributed by atoms with van der Waals surface area (Å²) in [6.07, 6.45) is 1.55. The van der Waals surface area contributed by atoms with E-state index in [1.807, 2.05) is 29.5 Å². The van der Waals surface area contributed by atoms with Crippen molar-refractivity contribution in [2.45, 2.75) is 13.5 Å². The van der Waals surface area contributed by atoms with E-state index in [2.05, 4.69) is 24.2 Å². The number of rotatable bonds is 3. The second-order valence-electron chi connectivity index (χ2n) is 2.99. The molecule has 0 aromatic carbocycles. The first-order valence-corrected chi connectivity index (χ1v) is 5.76. The predicted molar refractivity (Wildman–Crippen MR) is 68.9 cm³/mol. The summed E-state index contributed by atoms with van der Waals surface area (Å²) in [6.45, 7) is 6.11. The maximum absolute atomic E-state index is 11.7. The lowest BCUT2D eigenvalue weighted by Crippen LogP contribution is -2.24. The molecule has 0 atom stereocenters. The molecule has 76 valence electrons. The molecule has 0 bridgehead atoms. The van der Waals surface area contributed by atoms with Crippen molar-refractivity contribution in [3.05, 3.63) is 38.1 Å². The molecule has 0 fully saturated rings. The monoisotopic (exact) mass is 322 g/mol. The number of hydrogen-bond donors (Lipinski definition) is 1. The minimum atomic E-state index is -0.0129. The van der Waals surface area contributed by atoms with Gasteiger partial charge in [-0.1, -0.05) is 6.58 Å². The minimum Gasteiger partial charge on any atom is -0.294 e. The Morgan fingerprint density at radius 3 is 3.00 bits per heavy atom. The van der Waals surface area contributed by atoms with Crippen LogP contribution in [-0.4, -0.2) is 15.3 Å². The van der Waals surface area contributed by atoms with E-state index in [0.29, 0.717) is 15.9 Å². The first kappa shape index (κ1) is 11.8. The number of hydrogen-bond acceptors (Lipinski definition) is 3. The molecule has 0 aliphatic rings. The van der Waals surface area contributed by atoms with Crippen molar-refractivity contribution < 1.29 is 0 Å². The summed E-state index contributed by atoms with van der Waals surface area (Å²) in [5, 5.41) is 0. The van der Waals surface area contributed by atoms with E-state index >= 15 is 0 Å². The third kappa shape index (κ3) is 2.60. The predicted octanol–water partition coefficient (Wildman–Crippen LogP) is 1.64. The van der Waals surface area contributed by atoms with E-state index in [0.717, 1.165) is 11.3 Å². The van der Waals surface area contributed by atoms with Crippen LogP contribution in [-0.2, 0) is 6.54 Å². The van der Waals surface area contributed by atoms with Crippen LogP contribution in [0, 0.1) is 10.5 Å². The zero-order chi connectivity index (χ0) is 10.7. The van der Waals surface area contributed by atoms with Crippen LogP contribution >= 0.6 is 35.2 Å². The smallest absolute Gasteiger partial charge is 0.267 e. The molecule has 0 saturated heterocycles. The van der Waals surface area contributed by atoms with Gasteiger partial charge < -0.3 is 0 Å². The minimum absolute atomic E-state index is 0.0129. The molecular formula is C9H11IN2OS. The van der Waals surface area contributed by atoms with Crippen molar-refractivity contribution in [3.63, 3.8) is 0 Å². The van der Waals surface area contributed by atoms with Gasteiger partial charge in [0.05, 0.1) is 15.6 Å². The maximum atomic E-state index is 11.7. The van der Waals surface area contributed by atoms with Gasteiger partial charge in [-0.05, 0) is 35.1 Å². The Hall–Kier alpha value is -0.300. The lowest BCUT2D eigenvalue weighted by molar-refractivity contribution is 0.717. The van der Waals surface area contributed by atoms with Crippen molar-refractivity contribution in [2.75, 3.05) is 5.75 Å². The lowest BCUT2D eigenvalue weighted by Gasteiger charge is -2.07. The highest BCUT2D eigenvalue weighted by atomic mass is 127. The summed E-state index contributed by atoms with van der Waals surface area (Å²) in [7, 11) is 0. The molecule has 0 spiro atoms. The second-order valence-corrected chi connectivity index (χ2v) is 4.38. The standard InChI is InChI=1S/C9H11IN2OS/c1-6(4-14)3-12-5-11-7(2)8(10)9(12)13/h5,14H,1,3-4H2,2H3.